The number of nitrogens with two attached hydrogens (primary N) is 5. The Labute approximate surface area is 571 Å². The van der Waals surface area contributed by atoms with Crippen LogP contribution in [-0.2, 0) is 65.0 Å². The fourth-order valence-corrected chi connectivity index (χ4v) is 12.1. The minimum absolute atomic E-state index is 0. The highest BCUT2D eigenvalue weighted by atomic mass is 35.5. The summed E-state index contributed by atoms with van der Waals surface area (Å²) in [5, 5.41) is 108. The number of carbonyl (C=O) groups is 8. The molecule has 0 radical (unpaired) electrons. The quantitative estimate of drug-likeness (QED) is 0.0150. The maximum absolute atomic E-state index is 15.2. The van der Waals surface area contributed by atoms with E-state index in [0.29, 0.717) is 22.3 Å². The fraction of sp³-hybridized carbons (Fsp3) is 0.618. The van der Waals surface area contributed by atoms with Crippen molar-refractivity contribution in [3.05, 3.63) is 56.8 Å². The lowest BCUT2D eigenvalue weighted by Crippen LogP contribution is -3.00. The fourth-order valence-electron chi connectivity index (χ4n) is 9.80. The number of H-pyrrole nitrogens is 1. The predicted molar refractivity (Wildman–Crippen MR) is 339 cm³/mol. The first-order valence-corrected chi connectivity index (χ1v) is 33.8. The molecule has 4 aromatic rings. The monoisotopic (exact) mass is 1450 g/mol. The number of aromatic amines is 1. The Morgan fingerprint density at radius 1 is 0.784 bits per heavy atom. The first-order chi connectivity index (χ1) is 45.3. The minimum atomic E-state index is -2.20. The van der Waals surface area contributed by atoms with Crippen molar-refractivity contribution in [1.82, 2.24) is 61.8 Å². The minimum Gasteiger partial charge on any atom is -1.00 e. The molecular weight excluding hydrogens is 1370 g/mol. The van der Waals surface area contributed by atoms with Crippen molar-refractivity contribution in [3.8, 4) is 10.7 Å². The summed E-state index contributed by atoms with van der Waals surface area (Å²) < 4.78 is 28.7. The van der Waals surface area contributed by atoms with E-state index < -0.39 is 183 Å². The number of carbonyl (C=O) groups excluding carboxylic acids is 8. The summed E-state index contributed by atoms with van der Waals surface area (Å²) in [5.41, 5.74) is 28.1. The summed E-state index contributed by atoms with van der Waals surface area (Å²) in [4.78, 5) is 131. The molecular formula is C55H84ClN17O21S3. The van der Waals surface area contributed by atoms with Gasteiger partial charge in [0.05, 0.1) is 85.2 Å². The van der Waals surface area contributed by atoms with Gasteiger partial charge in [0.15, 0.2) is 18.7 Å². The lowest BCUT2D eigenvalue weighted by Gasteiger charge is -2.47. The van der Waals surface area contributed by atoms with Crippen LogP contribution in [-0.4, -0.2) is 267 Å². The highest BCUT2D eigenvalue weighted by Crippen LogP contribution is 2.35. The number of primary amides is 3. The molecule has 0 unspecified atom stereocenters. The zero-order valence-corrected chi connectivity index (χ0v) is 56.5. The van der Waals surface area contributed by atoms with Crippen LogP contribution in [0.1, 0.15) is 88.8 Å². The van der Waals surface area contributed by atoms with Crippen molar-refractivity contribution in [2.45, 2.75) is 157 Å². The van der Waals surface area contributed by atoms with E-state index in [4.69, 9.17) is 52.4 Å². The summed E-state index contributed by atoms with van der Waals surface area (Å²) in [6.07, 6.45) is -20.0. The number of amides is 8. The van der Waals surface area contributed by atoms with E-state index in [-0.39, 0.29) is 77.3 Å². The molecule has 6 heterocycles. The van der Waals surface area contributed by atoms with Crippen molar-refractivity contribution in [1.29, 1.82) is 0 Å². The number of aliphatic hydroxyl groups is 8. The Hall–Kier alpha value is -7.01. The van der Waals surface area contributed by atoms with Gasteiger partial charge in [0.1, 0.15) is 100 Å². The van der Waals surface area contributed by atoms with E-state index in [1.54, 1.807) is 10.8 Å². The van der Waals surface area contributed by atoms with Crippen molar-refractivity contribution < 1.29 is 115 Å². The van der Waals surface area contributed by atoms with Crippen molar-refractivity contribution in [3.63, 3.8) is 0 Å². The van der Waals surface area contributed by atoms with Crippen LogP contribution >= 0.6 is 22.7 Å². The second-order valence-corrected chi connectivity index (χ2v) is 27.0. The van der Waals surface area contributed by atoms with Crippen LogP contribution in [0.25, 0.3) is 10.7 Å². The van der Waals surface area contributed by atoms with Crippen LogP contribution in [0, 0.1) is 12.8 Å². The normalized spacial score (nSPS) is 23.8. The molecule has 2 saturated heterocycles. The number of thiazole rings is 2. The number of hydrogen-bond donors (Lipinski definition) is 20. The molecule has 8 amide bonds. The van der Waals surface area contributed by atoms with E-state index in [1.807, 2.05) is 0 Å². The molecule has 25 N–H and O–H groups in total. The van der Waals surface area contributed by atoms with E-state index in [2.05, 4.69) is 74.3 Å². The average Bonchev–Trinajstić information content (AvgIpc) is 1.16. The molecule has 6 rings (SSSR count). The molecule has 0 aliphatic carbocycles. The van der Waals surface area contributed by atoms with Gasteiger partial charge >= 0.3 is 6.09 Å². The Balaban J connectivity index is 0.0000170. The van der Waals surface area contributed by atoms with Crippen LogP contribution in [0.5, 0.6) is 0 Å². The first kappa shape index (κ1) is 80.7. The predicted octanol–water partition coefficient (Wildman–Crippen LogP) is -10.7. The molecule has 42 heteroatoms. The third-order valence-electron chi connectivity index (χ3n) is 15.3. The number of hydrogen-bond acceptors (Lipinski definition) is 31. The topological polar surface area (TPSA) is 627 Å². The summed E-state index contributed by atoms with van der Waals surface area (Å²) in [7, 11) is 0.254. The number of nitrogens with one attached hydrogen (secondary N) is 7. The zero-order valence-electron chi connectivity index (χ0n) is 53.3. The highest BCUT2D eigenvalue weighted by molar-refractivity contribution is 7.95. The zero-order chi connectivity index (χ0) is 71.0. The van der Waals surface area contributed by atoms with Gasteiger partial charge in [0, 0.05) is 55.2 Å². The second-order valence-electron chi connectivity index (χ2n) is 22.8. The number of ether oxygens (including phenoxy) is 5. The van der Waals surface area contributed by atoms with Gasteiger partial charge in [0.2, 0.25) is 29.5 Å². The third kappa shape index (κ3) is 21.7. The molecule has 97 heavy (non-hydrogen) atoms. The molecule has 2 aliphatic rings. The van der Waals surface area contributed by atoms with Crippen molar-refractivity contribution in [2.75, 3.05) is 56.8 Å². The van der Waals surface area contributed by atoms with Gasteiger partial charge in [-0.1, -0.05) is 6.92 Å². The SMILES string of the molecule is Cc1c(N)nc([C@H](CC(N)=O)NC[C@H](N)C(N)=O)nc1C(=O)N[C@H](C(=O)N[C@H](C)[C@@H](O)[C@H](C)C(=O)N[C@H](C(=O)NCCc1nc(-c2nc(C(=O)NCCC[S+](C)C)cs2)cs1)[C@@H](C)O)[C@H](O[C@@H]1O[C@@H](CO)[C@@H](O)[C@H](O)[C@@H]1O[C@H]1O[C@H](CO)[C@@H](O)[C@H](OC(N)=O)[C@@H]1O)c1cnc[nH]1.[Cl-]. The van der Waals surface area contributed by atoms with Gasteiger partial charge in [-0.05, 0) is 31.7 Å². The number of halogens is 1. The molecule has 19 atom stereocenters. The number of anilines is 1. The number of nitrogen functional groups attached to an aromatic ring is 1. The second kappa shape index (κ2) is 37.3. The summed E-state index contributed by atoms with van der Waals surface area (Å²) in [6.45, 7) is 3.18. The van der Waals surface area contributed by atoms with Crippen molar-refractivity contribution >= 4 is 86.8 Å². The molecule has 2 fully saturated rings. The van der Waals surface area contributed by atoms with Gasteiger partial charge in [0.25, 0.3) is 11.8 Å². The standard InChI is InChI=1S/C55H83N17O21S3.ClH/c1-20-33(69-46(72-44(20)58)25(12-31(57)76)64-13-24(56)45(59)82)50(86)71-35(41(26-14-61-19-65-26)91-54-43(39(80)37(78)29(15-73)90-54)92-53-40(81)42(93-55(60)88)38(79)30(16-74)89-53)51(87)66-22(3)36(77)21(2)47(83)70-34(23(4)75)49(85)63-10-8-32-67-28(18-94-32)52-68-27(17-95-52)48(84)62-9-7-11-96(5)6;/h14,17-19,21-25,29-30,34-43,53-54,64,73-75,77-81H,7-13,15-16,56H2,1-6H3,(H13-,57,58,59,60,61,62,63,65,66,69,70,71,72,76,82,83,84,85,86,87,88);1H/t21-,22+,23+,24-,25-,29-,30+,34-,35-,36-,37+,38+,39-,40-,41+,42-,43-,53+,54-;/m0./s1. The van der Waals surface area contributed by atoms with E-state index >= 15 is 4.79 Å². The Morgan fingerprint density at radius 2 is 1.46 bits per heavy atom. The van der Waals surface area contributed by atoms with E-state index in [0.717, 1.165) is 24.7 Å². The smallest absolute Gasteiger partial charge is 0.404 e. The number of aromatic nitrogens is 6. The Morgan fingerprint density at radius 3 is 2.08 bits per heavy atom. The van der Waals surface area contributed by atoms with Gasteiger partial charge < -0.3 is 142 Å². The average molecular weight is 1450 g/mol. The van der Waals surface area contributed by atoms with Crippen LogP contribution < -0.4 is 73.0 Å². The van der Waals surface area contributed by atoms with Crippen LogP contribution in [0.2, 0.25) is 0 Å². The summed E-state index contributed by atoms with van der Waals surface area (Å²) in [5.74, 6) is -7.69. The number of imidazole rings is 1. The van der Waals surface area contributed by atoms with Crippen LogP contribution in [0.4, 0.5) is 10.6 Å². The van der Waals surface area contributed by atoms with Crippen molar-refractivity contribution in [2.24, 2.45) is 28.9 Å². The highest BCUT2D eigenvalue weighted by Gasteiger charge is 2.54. The summed E-state index contributed by atoms with van der Waals surface area (Å²) >= 11 is 2.52. The Kier molecular flexibility index (Phi) is 31.0. The maximum atomic E-state index is 15.2. The van der Waals surface area contributed by atoms with E-state index in [1.165, 1.54) is 50.4 Å². The first-order valence-electron chi connectivity index (χ1n) is 29.8. The third-order valence-corrected chi connectivity index (χ3v) is 18.2. The Bertz CT molecular complexity index is 3290. The summed E-state index contributed by atoms with van der Waals surface area (Å²) in [6, 6.07) is -7.85. The number of aliphatic hydroxyl groups excluding tert-OH is 8. The molecule has 0 bridgehead atoms. The lowest BCUT2D eigenvalue weighted by atomic mass is 9.96. The molecule has 38 nitrogen and oxygen atoms in total. The molecule has 4 aromatic heterocycles. The molecule has 0 saturated carbocycles. The number of nitrogens with zero attached hydrogens (tertiary/aromatic N) is 5. The lowest BCUT2D eigenvalue weighted by molar-refractivity contribution is -0.372. The molecule has 2 aliphatic heterocycles. The molecule has 0 spiro atoms. The van der Waals surface area contributed by atoms with Gasteiger partial charge in [-0.2, -0.15) is 0 Å². The van der Waals surface area contributed by atoms with Gasteiger partial charge in [-0.25, -0.2) is 29.7 Å². The van der Waals surface area contributed by atoms with Crippen LogP contribution in [0.3, 0.4) is 0 Å². The number of rotatable bonds is 35. The largest absolute Gasteiger partial charge is 1.00 e. The van der Waals surface area contributed by atoms with Gasteiger partial charge in [-0.3, -0.25) is 33.6 Å². The molecule has 540 valence electrons. The van der Waals surface area contributed by atoms with Crippen LogP contribution in [0.15, 0.2) is 23.3 Å². The van der Waals surface area contributed by atoms with Gasteiger partial charge in [-0.15, -0.1) is 22.7 Å². The van der Waals surface area contributed by atoms with E-state index in [9.17, 15) is 74.4 Å². The molecule has 0 aromatic carbocycles. The maximum Gasteiger partial charge on any atom is 0.404 e.